The van der Waals surface area contributed by atoms with Crippen molar-refractivity contribution in [1.29, 1.82) is 0 Å². The summed E-state index contributed by atoms with van der Waals surface area (Å²) in [4.78, 5) is 8.24. The van der Waals surface area contributed by atoms with Gasteiger partial charge in [-0.05, 0) is 6.42 Å². The third-order valence-corrected chi connectivity index (χ3v) is 1.85. The maximum atomic E-state index is 10.0. The van der Waals surface area contributed by atoms with Crippen molar-refractivity contribution in [1.82, 2.24) is 0 Å². The van der Waals surface area contributed by atoms with Gasteiger partial charge in [0.05, 0.1) is 0 Å². The first kappa shape index (κ1) is 15.0. The molecule has 0 saturated carbocycles. The molecule has 3 nitrogen and oxygen atoms in total. The summed E-state index contributed by atoms with van der Waals surface area (Å²) in [6.45, 7) is 2.57. The van der Waals surface area contributed by atoms with Crippen LogP contribution in [0.15, 0.2) is 0 Å². The molecule has 12 heavy (non-hydrogen) atoms. The molecule has 1 atom stereocenters. The van der Waals surface area contributed by atoms with Crippen LogP contribution in [0.1, 0.15) is 39.0 Å². The first-order chi connectivity index (χ1) is 5.27. The van der Waals surface area contributed by atoms with E-state index in [1.807, 2.05) is 0 Å². The van der Waals surface area contributed by atoms with Crippen molar-refractivity contribution in [2.45, 2.75) is 39.0 Å². The van der Waals surface area contributed by atoms with Crippen LogP contribution in [0.3, 0.4) is 0 Å². The Labute approximate surface area is 85.3 Å². The zero-order chi connectivity index (χ0) is 8.53. The molecule has 0 aromatic carbocycles. The van der Waals surface area contributed by atoms with Gasteiger partial charge >= 0.3 is 8.25 Å². The molecule has 1 N–H and O–H groups in total. The van der Waals surface area contributed by atoms with Gasteiger partial charge in [-0.2, -0.15) is 0 Å². The molecule has 0 radical (unpaired) electrons. The molecule has 1 unspecified atom stereocenters. The van der Waals surface area contributed by atoms with Crippen LogP contribution in [-0.2, 0) is 26.2 Å². The Bertz CT molecular complexity index is 111. The Morgan fingerprint density at radius 1 is 1.25 bits per heavy atom. The van der Waals surface area contributed by atoms with Crippen molar-refractivity contribution in [2.24, 2.45) is 0 Å². The summed E-state index contributed by atoms with van der Waals surface area (Å²) >= 11 is 0. The molecule has 0 saturated heterocycles. The molecule has 0 bridgehead atoms. The number of unbranched alkanes of at least 4 members (excludes halogenated alkanes) is 4. The van der Waals surface area contributed by atoms with E-state index in [2.05, 4.69) is 11.4 Å². The Balaban J connectivity index is 0. The van der Waals surface area contributed by atoms with E-state index in [0.29, 0.717) is 6.61 Å². The summed E-state index contributed by atoms with van der Waals surface area (Å²) in [5.41, 5.74) is 0. The third kappa shape index (κ3) is 13.2. The quantitative estimate of drug-likeness (QED) is 0.419. The van der Waals surface area contributed by atoms with Gasteiger partial charge < -0.3 is 0 Å². The van der Waals surface area contributed by atoms with Gasteiger partial charge in [0.25, 0.3) is 0 Å². The van der Waals surface area contributed by atoms with Crippen LogP contribution < -0.4 is 0 Å². The van der Waals surface area contributed by atoms with Crippen molar-refractivity contribution in [3.8, 4) is 0 Å². The second kappa shape index (κ2) is 11.5. The van der Waals surface area contributed by atoms with Gasteiger partial charge in [0.1, 0.15) is 6.61 Å². The van der Waals surface area contributed by atoms with E-state index in [0.717, 1.165) is 12.8 Å². The molecular weight excluding hydrogens is 219 g/mol. The summed E-state index contributed by atoms with van der Waals surface area (Å²) in [6, 6.07) is 0. The fourth-order valence-electron chi connectivity index (χ4n) is 0.848. The minimum absolute atomic E-state index is 0. The Morgan fingerprint density at radius 3 is 2.33 bits per heavy atom. The predicted molar refractivity (Wildman–Crippen MR) is 44.5 cm³/mol. The monoisotopic (exact) mass is 235 g/mol. The molecule has 0 rings (SSSR count). The van der Waals surface area contributed by atoms with Crippen molar-refractivity contribution in [2.75, 3.05) is 6.61 Å². The summed E-state index contributed by atoms with van der Waals surface area (Å²) in [6.07, 6.45) is 5.64. The molecule has 0 amide bonds. The second-order valence-electron chi connectivity index (χ2n) is 2.49. The average Bonchev–Trinajstić information content (AvgIpc) is 1.96. The smallest absolute Gasteiger partial charge is 0.133 e. The first-order valence-corrected chi connectivity index (χ1v) is 5.19. The zero-order valence-electron chi connectivity index (χ0n) is 7.31. The van der Waals surface area contributed by atoms with E-state index in [1.54, 1.807) is 0 Å². The van der Waals surface area contributed by atoms with Crippen molar-refractivity contribution < 1.29 is 31.1 Å². The fraction of sp³-hybridized carbons (Fsp3) is 1.00. The number of hydrogen-bond donors (Lipinski definition) is 1. The molecule has 0 heterocycles. The molecule has 0 aromatic rings. The van der Waals surface area contributed by atoms with Gasteiger partial charge in [-0.1, -0.05) is 32.6 Å². The van der Waals surface area contributed by atoms with Crippen LogP contribution in [0.25, 0.3) is 0 Å². The number of hydrogen-bond acceptors (Lipinski definition) is 2. The molecule has 0 aliphatic carbocycles. The molecule has 0 aromatic heterocycles. The summed E-state index contributed by atoms with van der Waals surface area (Å²) < 4.78 is 14.5. The minimum Gasteiger partial charge on any atom is -0.133 e. The number of rotatable bonds is 7. The van der Waals surface area contributed by atoms with Gasteiger partial charge in [-0.25, -0.2) is 0 Å². The average molecular weight is 235 g/mol. The SMILES string of the molecule is CCCCCCCO[P+](=O)O.[Fe]. The minimum atomic E-state index is -2.37. The molecule has 5 heteroatoms. The van der Waals surface area contributed by atoms with Crippen LogP contribution >= 0.6 is 8.25 Å². The van der Waals surface area contributed by atoms with Crippen LogP contribution in [0, 0.1) is 0 Å². The summed E-state index contributed by atoms with van der Waals surface area (Å²) in [5.74, 6) is 0. The largest absolute Gasteiger partial charge is 0.694 e. The molecule has 0 aliphatic heterocycles. The van der Waals surface area contributed by atoms with Gasteiger partial charge in [0, 0.05) is 21.6 Å². The van der Waals surface area contributed by atoms with E-state index < -0.39 is 8.25 Å². The van der Waals surface area contributed by atoms with E-state index >= 15 is 0 Å². The van der Waals surface area contributed by atoms with Crippen LogP contribution in [-0.4, -0.2) is 11.5 Å². The van der Waals surface area contributed by atoms with Crippen LogP contribution in [0.2, 0.25) is 0 Å². The molecular formula is C7H16FeO3P+. The van der Waals surface area contributed by atoms with E-state index in [-0.39, 0.29) is 17.1 Å². The summed E-state index contributed by atoms with van der Waals surface area (Å²) in [7, 11) is -2.37. The summed E-state index contributed by atoms with van der Waals surface area (Å²) in [5, 5.41) is 0. The zero-order valence-corrected chi connectivity index (χ0v) is 9.31. The second-order valence-corrected chi connectivity index (χ2v) is 3.22. The van der Waals surface area contributed by atoms with Gasteiger partial charge in [-0.3, -0.25) is 0 Å². The van der Waals surface area contributed by atoms with E-state index in [4.69, 9.17) is 4.89 Å². The molecule has 0 aliphatic rings. The maximum Gasteiger partial charge on any atom is 0.694 e. The van der Waals surface area contributed by atoms with Gasteiger partial charge in [0.15, 0.2) is 0 Å². The van der Waals surface area contributed by atoms with Gasteiger partial charge in [0.2, 0.25) is 0 Å². The topological polar surface area (TPSA) is 46.5 Å². The van der Waals surface area contributed by atoms with Crippen LogP contribution in [0.5, 0.6) is 0 Å². The predicted octanol–water partition coefficient (Wildman–Crippen LogP) is 2.62. The normalized spacial score (nSPS) is 10.7. The van der Waals surface area contributed by atoms with Gasteiger partial charge in [-0.15, -0.1) is 9.42 Å². The van der Waals surface area contributed by atoms with Crippen molar-refractivity contribution in [3.05, 3.63) is 0 Å². The van der Waals surface area contributed by atoms with Crippen molar-refractivity contribution in [3.63, 3.8) is 0 Å². The Kier molecular flexibility index (Phi) is 14.5. The standard InChI is InChI=1S/C7H15O3P.Fe/c1-2-3-4-5-6-7-10-11(8)9;/h2-7H2,1H3;/p+1. The first-order valence-electron chi connectivity index (χ1n) is 4.06. The molecule has 0 fully saturated rings. The van der Waals surface area contributed by atoms with Crippen molar-refractivity contribution >= 4 is 8.25 Å². The Morgan fingerprint density at radius 2 is 1.83 bits per heavy atom. The maximum absolute atomic E-state index is 10.0. The fourth-order valence-corrected chi connectivity index (χ4v) is 1.13. The van der Waals surface area contributed by atoms with Crippen LogP contribution in [0.4, 0.5) is 0 Å². The third-order valence-electron chi connectivity index (χ3n) is 1.45. The van der Waals surface area contributed by atoms with E-state index in [9.17, 15) is 4.57 Å². The molecule has 74 valence electrons. The molecule has 0 spiro atoms. The van der Waals surface area contributed by atoms with E-state index in [1.165, 1.54) is 19.3 Å². The Hall–Kier alpha value is 0.539.